The monoisotopic (exact) mass is 424 g/mol. The normalized spacial score (nSPS) is 24.6. The van der Waals surface area contributed by atoms with Crippen LogP contribution in [0.4, 0.5) is 5.82 Å². The minimum absolute atomic E-state index is 0.160. The smallest absolute Gasteiger partial charge is 0.201 e. The maximum absolute atomic E-state index is 10.7. The van der Waals surface area contributed by atoms with Crippen molar-refractivity contribution >= 4 is 27.9 Å². The molecule has 29 heavy (non-hydrogen) atoms. The number of rotatable bonds is 7. The van der Waals surface area contributed by atoms with Gasteiger partial charge >= 0.3 is 0 Å². The van der Waals surface area contributed by atoms with Gasteiger partial charge in [-0.05, 0) is 0 Å². The number of hydrogen-bond donors (Lipinski definition) is 5. The lowest BCUT2D eigenvalue weighted by atomic mass is 10.1. The molecule has 4 N–H and O–H groups in total. The number of hydrogen-bond acceptors (Lipinski definition) is 10. The van der Waals surface area contributed by atoms with Crippen molar-refractivity contribution in [2.75, 3.05) is 11.9 Å². The minimum Gasteiger partial charge on any atom is -0.387 e. The van der Waals surface area contributed by atoms with Crippen LogP contribution in [0.25, 0.3) is 11.2 Å². The standard InChI is InChI=1S/C15H20N8O5S/c1-22-5-8(3-20-22)2-16-13-10-14(18-6-17-13)23(7-19-10)15-12(25)11(24)9(28-15)4-21-29(26)27/h3,5-7,9,11-12,15,24-25,29H,2,4H2,1H3,(H,16,17,18)(H,21,26,27)/t9-,11-,12-,15-/m1/s1. The highest BCUT2D eigenvalue weighted by atomic mass is 32.2. The lowest BCUT2D eigenvalue weighted by Gasteiger charge is -2.16. The van der Waals surface area contributed by atoms with Crippen molar-refractivity contribution in [3.63, 3.8) is 0 Å². The van der Waals surface area contributed by atoms with E-state index in [0.29, 0.717) is 23.5 Å². The molecule has 0 aromatic carbocycles. The van der Waals surface area contributed by atoms with Gasteiger partial charge in [0.25, 0.3) is 0 Å². The molecule has 1 saturated heterocycles. The lowest BCUT2D eigenvalue weighted by Crippen LogP contribution is -2.37. The van der Waals surface area contributed by atoms with Gasteiger partial charge in [0.05, 0.1) is 12.5 Å². The maximum Gasteiger partial charge on any atom is 0.201 e. The highest BCUT2D eigenvalue weighted by Crippen LogP contribution is 2.32. The number of aryl methyl sites for hydroxylation is 1. The molecule has 14 heteroatoms. The molecule has 0 aliphatic carbocycles. The van der Waals surface area contributed by atoms with Gasteiger partial charge in [-0.3, -0.25) is 9.25 Å². The topological polar surface area (TPSA) is 169 Å². The number of anilines is 1. The van der Waals surface area contributed by atoms with Crippen molar-refractivity contribution in [3.8, 4) is 0 Å². The first-order chi connectivity index (χ1) is 13.9. The largest absolute Gasteiger partial charge is 0.387 e. The van der Waals surface area contributed by atoms with Crippen molar-refractivity contribution in [2.24, 2.45) is 7.05 Å². The summed E-state index contributed by atoms with van der Waals surface area (Å²) in [5.41, 5.74) is 1.82. The predicted molar refractivity (Wildman–Crippen MR) is 100 cm³/mol. The summed E-state index contributed by atoms with van der Waals surface area (Å²) >= 11 is 0. The molecule has 0 spiro atoms. The van der Waals surface area contributed by atoms with Crippen LogP contribution in [0.1, 0.15) is 11.8 Å². The van der Waals surface area contributed by atoms with Crippen LogP contribution in [-0.4, -0.2) is 72.8 Å². The first-order valence-electron chi connectivity index (χ1n) is 8.72. The fraction of sp³-hybridized carbons (Fsp3) is 0.467. The molecule has 156 valence electrons. The molecule has 4 rings (SSSR count). The number of aliphatic hydroxyl groups excluding tert-OH is 2. The fourth-order valence-corrected chi connectivity index (χ4v) is 3.54. The van der Waals surface area contributed by atoms with E-state index in [4.69, 9.17) is 4.74 Å². The van der Waals surface area contributed by atoms with Crippen LogP contribution in [0.2, 0.25) is 0 Å². The Morgan fingerprint density at radius 1 is 1.24 bits per heavy atom. The van der Waals surface area contributed by atoms with Gasteiger partial charge in [-0.25, -0.2) is 28.1 Å². The number of ether oxygens (including phenoxy) is 1. The summed E-state index contributed by atoms with van der Waals surface area (Å²) in [6.07, 6.45) is 1.94. The molecule has 0 amide bonds. The Kier molecular flexibility index (Phi) is 5.42. The minimum atomic E-state index is -2.84. The van der Waals surface area contributed by atoms with Gasteiger partial charge in [-0.1, -0.05) is 0 Å². The van der Waals surface area contributed by atoms with Crippen molar-refractivity contribution in [1.82, 2.24) is 34.0 Å². The Morgan fingerprint density at radius 2 is 2.07 bits per heavy atom. The van der Waals surface area contributed by atoms with Gasteiger partial charge in [0, 0.05) is 31.9 Å². The number of fused-ring (bicyclic) bond motifs is 1. The first-order valence-corrected chi connectivity index (χ1v) is 9.90. The lowest BCUT2D eigenvalue weighted by molar-refractivity contribution is -0.0329. The van der Waals surface area contributed by atoms with Crippen molar-refractivity contribution in [2.45, 2.75) is 31.1 Å². The quantitative estimate of drug-likeness (QED) is 0.265. The summed E-state index contributed by atoms with van der Waals surface area (Å²) in [7, 11) is -1.01. The summed E-state index contributed by atoms with van der Waals surface area (Å²) in [4.78, 5) is 12.7. The highest BCUT2D eigenvalue weighted by molar-refractivity contribution is 7.70. The molecule has 0 bridgehead atoms. The van der Waals surface area contributed by atoms with Crippen molar-refractivity contribution < 1.29 is 23.4 Å². The van der Waals surface area contributed by atoms with Gasteiger partial charge in [0.2, 0.25) is 10.9 Å². The third kappa shape index (κ3) is 3.92. The summed E-state index contributed by atoms with van der Waals surface area (Å²) in [6, 6.07) is 0. The number of imidazole rings is 1. The summed E-state index contributed by atoms with van der Waals surface area (Å²) in [5, 5.41) is 27.8. The van der Waals surface area contributed by atoms with Crippen LogP contribution in [0.3, 0.4) is 0 Å². The highest BCUT2D eigenvalue weighted by Gasteiger charge is 2.44. The van der Waals surface area contributed by atoms with E-state index in [1.54, 1.807) is 10.9 Å². The van der Waals surface area contributed by atoms with E-state index in [1.165, 1.54) is 17.2 Å². The number of aliphatic hydroxyl groups is 2. The van der Waals surface area contributed by atoms with E-state index in [0.717, 1.165) is 5.56 Å². The Hall–Kier alpha value is -2.65. The molecular weight excluding hydrogens is 404 g/mol. The average molecular weight is 424 g/mol. The molecule has 0 saturated carbocycles. The van der Waals surface area contributed by atoms with E-state index in [1.807, 2.05) is 13.2 Å². The van der Waals surface area contributed by atoms with Gasteiger partial charge < -0.3 is 20.3 Å². The second-order valence-electron chi connectivity index (χ2n) is 6.59. The summed E-state index contributed by atoms with van der Waals surface area (Å²) in [6.45, 7) is 0.322. The van der Waals surface area contributed by atoms with Gasteiger partial charge in [-0.15, -0.1) is 0 Å². The van der Waals surface area contributed by atoms with Gasteiger partial charge in [0.1, 0.15) is 24.6 Å². The molecule has 13 nitrogen and oxygen atoms in total. The molecule has 3 aromatic rings. The molecule has 0 radical (unpaired) electrons. The van der Waals surface area contributed by atoms with Crippen LogP contribution in [0.5, 0.6) is 0 Å². The molecule has 4 atom stereocenters. The van der Waals surface area contributed by atoms with Crippen LogP contribution >= 0.6 is 0 Å². The number of nitrogens with one attached hydrogen (secondary N) is 2. The zero-order valence-corrected chi connectivity index (χ0v) is 16.2. The SMILES string of the molecule is Cn1cc(CNc2ncnc3c2ncn3[C@@H]2O[C@H](CN[SH](=O)=O)[C@@H](O)[C@H]2O)cn1. The second-order valence-corrected chi connectivity index (χ2v) is 7.42. The molecule has 4 heterocycles. The predicted octanol–water partition coefficient (Wildman–Crippen LogP) is -2.09. The van der Waals surface area contributed by atoms with Crippen LogP contribution in [0.15, 0.2) is 25.0 Å². The molecule has 1 aliphatic heterocycles. The third-order valence-corrected chi connectivity index (χ3v) is 5.05. The van der Waals surface area contributed by atoms with E-state index in [2.05, 4.69) is 30.1 Å². The Morgan fingerprint density at radius 3 is 2.79 bits per heavy atom. The molecule has 0 unspecified atom stereocenters. The third-order valence-electron chi connectivity index (χ3n) is 4.61. The Balaban J connectivity index is 1.55. The Labute approximate surface area is 166 Å². The molecule has 1 fully saturated rings. The number of nitrogens with zero attached hydrogens (tertiary/aromatic N) is 6. The van der Waals surface area contributed by atoms with Gasteiger partial charge in [-0.2, -0.15) is 5.10 Å². The zero-order valence-electron chi connectivity index (χ0n) is 15.3. The van der Waals surface area contributed by atoms with Crippen LogP contribution < -0.4 is 10.0 Å². The second kappa shape index (κ2) is 8.00. The maximum atomic E-state index is 10.7. The zero-order chi connectivity index (χ0) is 20.5. The average Bonchev–Trinajstić information content (AvgIpc) is 3.38. The van der Waals surface area contributed by atoms with Crippen molar-refractivity contribution in [3.05, 3.63) is 30.6 Å². The first kappa shape index (κ1) is 19.7. The van der Waals surface area contributed by atoms with E-state index < -0.39 is 35.4 Å². The summed E-state index contributed by atoms with van der Waals surface area (Å²) in [5.74, 6) is 0.493. The molecule has 1 aliphatic rings. The Bertz CT molecular complexity index is 1070. The summed E-state index contributed by atoms with van der Waals surface area (Å²) < 4.78 is 32.4. The molecular formula is C15H20N8O5S. The van der Waals surface area contributed by atoms with Crippen LogP contribution in [0, 0.1) is 0 Å². The van der Waals surface area contributed by atoms with Gasteiger partial charge in [0.15, 0.2) is 23.2 Å². The molecule has 3 aromatic heterocycles. The van der Waals surface area contributed by atoms with E-state index >= 15 is 0 Å². The van der Waals surface area contributed by atoms with E-state index in [-0.39, 0.29) is 6.54 Å². The number of aromatic nitrogens is 6. The van der Waals surface area contributed by atoms with Crippen LogP contribution in [-0.2, 0) is 29.2 Å². The fourth-order valence-electron chi connectivity index (χ4n) is 3.21. The van der Waals surface area contributed by atoms with E-state index in [9.17, 15) is 18.6 Å². The number of thiol groups is 1. The van der Waals surface area contributed by atoms with Crippen molar-refractivity contribution in [1.29, 1.82) is 0 Å².